The van der Waals surface area contributed by atoms with Gasteiger partial charge >= 0.3 is 5.97 Å². The number of anilines is 1. The lowest BCUT2D eigenvalue weighted by Crippen LogP contribution is -2.52. The topological polar surface area (TPSA) is 125 Å². The Balaban J connectivity index is 1.22. The first-order valence-electron chi connectivity index (χ1n) is 11.9. The molecule has 9 nitrogen and oxygen atoms in total. The molecule has 0 radical (unpaired) electrons. The number of carbonyl (C=O) groups is 4. The van der Waals surface area contributed by atoms with E-state index in [1.54, 1.807) is 29.2 Å². The number of piperidine rings is 1. The summed E-state index contributed by atoms with van der Waals surface area (Å²) < 4.78 is 5.74. The Morgan fingerprint density at radius 3 is 2.74 bits per heavy atom. The highest BCUT2D eigenvalue weighted by Crippen LogP contribution is 2.32. The average Bonchev–Trinajstić information content (AvgIpc) is 3.15. The van der Waals surface area contributed by atoms with Crippen molar-refractivity contribution in [3.05, 3.63) is 59.2 Å². The van der Waals surface area contributed by atoms with Crippen LogP contribution in [-0.4, -0.2) is 52.9 Å². The Labute approximate surface area is 203 Å². The number of ether oxygens (including phenoxy) is 1. The van der Waals surface area contributed by atoms with E-state index in [2.05, 4.69) is 10.6 Å². The van der Waals surface area contributed by atoms with Crippen molar-refractivity contribution < 1.29 is 29.0 Å². The zero-order valence-corrected chi connectivity index (χ0v) is 19.4. The van der Waals surface area contributed by atoms with Crippen LogP contribution in [0.4, 0.5) is 5.69 Å². The number of carbonyl (C=O) groups excluding carboxylic acids is 3. The standard InChI is InChI=1S/C26H29N3O6/c30-23-11-10-22(25(33)28-23)29-16-20-19(26(29)34)8-5-9-21(20)27-12-2-1-3-13-35-18-7-4-6-17(14-18)15-24(31)32/h4-9,14,22,27H,1-3,10-13,15-16H2,(H,31,32)(H,28,30,33). The van der Waals surface area contributed by atoms with Crippen molar-refractivity contribution in [2.75, 3.05) is 18.5 Å². The Hall–Kier alpha value is -3.88. The molecule has 4 rings (SSSR count). The summed E-state index contributed by atoms with van der Waals surface area (Å²) in [5.74, 6) is -1.08. The first-order valence-corrected chi connectivity index (χ1v) is 11.9. The third kappa shape index (κ3) is 5.98. The average molecular weight is 480 g/mol. The van der Waals surface area contributed by atoms with Crippen LogP contribution < -0.4 is 15.4 Å². The maximum Gasteiger partial charge on any atom is 0.307 e. The normalized spacial score (nSPS) is 17.2. The molecule has 0 spiro atoms. The molecule has 35 heavy (non-hydrogen) atoms. The summed E-state index contributed by atoms with van der Waals surface area (Å²) in [6.07, 6.45) is 3.27. The maximum atomic E-state index is 12.9. The highest BCUT2D eigenvalue weighted by molar-refractivity contribution is 6.06. The van der Waals surface area contributed by atoms with E-state index in [0.29, 0.717) is 36.4 Å². The number of hydrogen-bond acceptors (Lipinski definition) is 6. The van der Waals surface area contributed by atoms with Crippen molar-refractivity contribution in [1.29, 1.82) is 0 Å². The number of imide groups is 1. The van der Waals surface area contributed by atoms with Gasteiger partial charge in [0, 0.05) is 36.3 Å². The third-order valence-corrected chi connectivity index (χ3v) is 6.24. The lowest BCUT2D eigenvalue weighted by atomic mass is 10.0. The quantitative estimate of drug-likeness (QED) is 0.334. The van der Waals surface area contributed by atoms with E-state index >= 15 is 0 Å². The van der Waals surface area contributed by atoms with E-state index in [0.717, 1.165) is 37.1 Å². The summed E-state index contributed by atoms with van der Waals surface area (Å²) in [6.45, 7) is 1.63. The number of fused-ring (bicyclic) bond motifs is 1. The molecule has 2 aliphatic heterocycles. The zero-order chi connectivity index (χ0) is 24.8. The number of carboxylic acids is 1. The van der Waals surface area contributed by atoms with Gasteiger partial charge in [-0.05, 0) is 55.5 Å². The molecule has 9 heteroatoms. The molecular weight excluding hydrogens is 450 g/mol. The molecule has 3 amide bonds. The highest BCUT2D eigenvalue weighted by Gasteiger charge is 2.39. The Kier molecular flexibility index (Phi) is 7.64. The molecule has 1 unspecified atom stereocenters. The van der Waals surface area contributed by atoms with Crippen LogP contribution >= 0.6 is 0 Å². The number of rotatable bonds is 11. The van der Waals surface area contributed by atoms with Crippen LogP contribution in [0.1, 0.15) is 53.6 Å². The fourth-order valence-corrected chi connectivity index (χ4v) is 4.49. The smallest absolute Gasteiger partial charge is 0.307 e. The van der Waals surface area contributed by atoms with Gasteiger partial charge in [-0.3, -0.25) is 24.5 Å². The van der Waals surface area contributed by atoms with E-state index in [4.69, 9.17) is 9.84 Å². The lowest BCUT2D eigenvalue weighted by molar-refractivity contribution is -0.137. The van der Waals surface area contributed by atoms with E-state index < -0.39 is 17.9 Å². The second kappa shape index (κ2) is 11.0. The molecule has 0 saturated carbocycles. The number of unbranched alkanes of at least 4 members (excludes halogenated alkanes) is 2. The molecular formula is C26H29N3O6. The molecule has 0 aliphatic carbocycles. The molecule has 2 heterocycles. The fraction of sp³-hybridized carbons (Fsp3) is 0.385. The molecule has 0 bridgehead atoms. The Morgan fingerprint density at radius 1 is 1.11 bits per heavy atom. The molecule has 2 aliphatic rings. The second-order valence-corrected chi connectivity index (χ2v) is 8.79. The van der Waals surface area contributed by atoms with Gasteiger partial charge in [-0.2, -0.15) is 0 Å². The number of nitrogens with zero attached hydrogens (tertiary/aromatic N) is 1. The molecule has 0 aromatic heterocycles. The maximum absolute atomic E-state index is 12.9. The van der Waals surface area contributed by atoms with Gasteiger partial charge in [0.05, 0.1) is 13.0 Å². The number of hydrogen-bond donors (Lipinski definition) is 3. The summed E-state index contributed by atoms with van der Waals surface area (Å²) in [7, 11) is 0. The molecule has 1 fully saturated rings. The van der Waals surface area contributed by atoms with Gasteiger partial charge in [0.1, 0.15) is 11.8 Å². The van der Waals surface area contributed by atoms with Crippen LogP contribution in [-0.2, 0) is 27.3 Å². The van der Waals surface area contributed by atoms with Crippen molar-refractivity contribution in [1.82, 2.24) is 10.2 Å². The summed E-state index contributed by atoms with van der Waals surface area (Å²) in [5, 5.41) is 14.6. The monoisotopic (exact) mass is 479 g/mol. The SMILES string of the molecule is O=C(O)Cc1cccc(OCCCCCNc2cccc3c2CN(C2CCC(=O)NC2=O)C3=O)c1. The molecule has 3 N–H and O–H groups in total. The molecule has 184 valence electrons. The lowest BCUT2D eigenvalue weighted by Gasteiger charge is -2.29. The first kappa shape index (κ1) is 24.3. The van der Waals surface area contributed by atoms with E-state index in [-0.39, 0.29) is 24.7 Å². The zero-order valence-electron chi connectivity index (χ0n) is 19.4. The van der Waals surface area contributed by atoms with Crippen molar-refractivity contribution in [2.45, 2.75) is 51.1 Å². The van der Waals surface area contributed by atoms with Crippen LogP contribution in [0.2, 0.25) is 0 Å². The van der Waals surface area contributed by atoms with E-state index in [9.17, 15) is 19.2 Å². The molecule has 1 atom stereocenters. The number of aliphatic carboxylic acids is 1. The molecule has 2 aromatic carbocycles. The minimum atomic E-state index is -0.869. The largest absolute Gasteiger partial charge is 0.494 e. The van der Waals surface area contributed by atoms with Gasteiger partial charge in [0.15, 0.2) is 0 Å². The summed E-state index contributed by atoms with van der Waals surface area (Å²) >= 11 is 0. The van der Waals surface area contributed by atoms with Crippen molar-refractivity contribution in [3.63, 3.8) is 0 Å². The van der Waals surface area contributed by atoms with Crippen molar-refractivity contribution in [2.24, 2.45) is 0 Å². The van der Waals surface area contributed by atoms with Gasteiger partial charge in [-0.1, -0.05) is 18.2 Å². The van der Waals surface area contributed by atoms with Crippen LogP contribution in [0, 0.1) is 0 Å². The second-order valence-electron chi connectivity index (χ2n) is 8.79. The van der Waals surface area contributed by atoms with Crippen LogP contribution in [0.15, 0.2) is 42.5 Å². The number of benzene rings is 2. The van der Waals surface area contributed by atoms with Crippen LogP contribution in [0.5, 0.6) is 5.75 Å². The molecule has 1 saturated heterocycles. The van der Waals surface area contributed by atoms with Gasteiger partial charge in [0.25, 0.3) is 5.91 Å². The van der Waals surface area contributed by atoms with Crippen LogP contribution in [0.25, 0.3) is 0 Å². The predicted molar refractivity (Wildman–Crippen MR) is 128 cm³/mol. The van der Waals surface area contributed by atoms with Gasteiger partial charge in [0.2, 0.25) is 11.8 Å². The van der Waals surface area contributed by atoms with Gasteiger partial charge < -0.3 is 20.1 Å². The Bertz CT molecular complexity index is 1130. The Morgan fingerprint density at radius 2 is 1.94 bits per heavy atom. The van der Waals surface area contributed by atoms with Gasteiger partial charge in [-0.25, -0.2) is 0 Å². The third-order valence-electron chi connectivity index (χ3n) is 6.24. The van der Waals surface area contributed by atoms with E-state index in [1.807, 2.05) is 18.2 Å². The van der Waals surface area contributed by atoms with Crippen molar-refractivity contribution >= 4 is 29.4 Å². The fourth-order valence-electron chi connectivity index (χ4n) is 4.49. The first-order chi connectivity index (χ1) is 16.9. The number of amides is 3. The minimum Gasteiger partial charge on any atom is -0.494 e. The number of nitrogens with one attached hydrogen (secondary N) is 2. The summed E-state index contributed by atoms with van der Waals surface area (Å²) in [4.78, 5) is 49.0. The van der Waals surface area contributed by atoms with E-state index in [1.165, 1.54) is 0 Å². The summed E-state index contributed by atoms with van der Waals surface area (Å²) in [6, 6.07) is 12.1. The predicted octanol–water partition coefficient (Wildman–Crippen LogP) is 2.74. The van der Waals surface area contributed by atoms with Crippen LogP contribution in [0.3, 0.4) is 0 Å². The minimum absolute atomic E-state index is 0.0249. The summed E-state index contributed by atoms with van der Waals surface area (Å²) in [5.41, 5.74) is 3.08. The molecule has 2 aromatic rings. The highest BCUT2D eigenvalue weighted by atomic mass is 16.5. The van der Waals surface area contributed by atoms with Crippen molar-refractivity contribution in [3.8, 4) is 5.75 Å². The number of carboxylic acid groups (broad SMARTS) is 1. The van der Waals surface area contributed by atoms with Gasteiger partial charge in [-0.15, -0.1) is 0 Å².